The molecule has 126 valence electrons. The summed E-state index contributed by atoms with van der Waals surface area (Å²) < 4.78 is 27.8. The van der Waals surface area contributed by atoms with Gasteiger partial charge in [-0.05, 0) is 37.1 Å². The molecule has 4 rings (SSSR count). The number of halogens is 2. The van der Waals surface area contributed by atoms with Crippen LogP contribution in [0.25, 0.3) is 11.4 Å². The van der Waals surface area contributed by atoms with Gasteiger partial charge in [0.15, 0.2) is 0 Å². The fraction of sp³-hybridized carbons (Fsp3) is 0.167. The first-order valence-corrected chi connectivity index (χ1v) is 7.97. The molecule has 2 heterocycles. The summed E-state index contributed by atoms with van der Waals surface area (Å²) >= 11 is 0. The third kappa shape index (κ3) is 3.55. The molecular weight excluding hydrogens is 324 g/mol. The minimum absolute atomic E-state index is 0.245. The Morgan fingerprint density at radius 1 is 0.920 bits per heavy atom. The number of pyridine rings is 1. The number of hydrogen-bond donors (Lipinski definition) is 2. The molecular formula is C18H15F2N5. The van der Waals surface area contributed by atoms with Crippen LogP contribution < -0.4 is 10.6 Å². The summed E-state index contributed by atoms with van der Waals surface area (Å²) in [5, 5.41) is 5.92. The van der Waals surface area contributed by atoms with Gasteiger partial charge in [0.05, 0.1) is 11.4 Å². The molecule has 2 N–H and O–H groups in total. The third-order valence-corrected chi connectivity index (χ3v) is 3.78. The van der Waals surface area contributed by atoms with Gasteiger partial charge in [-0.1, -0.05) is 12.1 Å². The third-order valence-electron chi connectivity index (χ3n) is 3.78. The molecule has 5 nitrogen and oxygen atoms in total. The summed E-state index contributed by atoms with van der Waals surface area (Å²) in [5.74, 6) is -0.669. The maximum atomic E-state index is 13.9. The molecule has 7 heteroatoms. The Kier molecular flexibility index (Phi) is 3.97. The van der Waals surface area contributed by atoms with E-state index in [2.05, 4.69) is 25.6 Å². The molecule has 0 bridgehead atoms. The number of para-hydroxylation sites is 1. The van der Waals surface area contributed by atoms with Crippen LogP contribution in [0.15, 0.2) is 48.7 Å². The summed E-state index contributed by atoms with van der Waals surface area (Å²) in [6.07, 6.45) is 3.78. The molecule has 1 aromatic carbocycles. The van der Waals surface area contributed by atoms with E-state index in [0.29, 0.717) is 29.2 Å². The molecule has 1 aliphatic rings. The lowest BCUT2D eigenvalue weighted by Crippen LogP contribution is -2.08. The van der Waals surface area contributed by atoms with Gasteiger partial charge in [-0.3, -0.25) is 4.98 Å². The predicted octanol–water partition coefficient (Wildman–Crippen LogP) is 4.13. The van der Waals surface area contributed by atoms with E-state index >= 15 is 0 Å². The summed E-state index contributed by atoms with van der Waals surface area (Å²) in [4.78, 5) is 13.1. The van der Waals surface area contributed by atoms with Gasteiger partial charge in [0.25, 0.3) is 0 Å². The highest BCUT2D eigenvalue weighted by atomic mass is 19.1. The zero-order chi connectivity index (χ0) is 17.2. The van der Waals surface area contributed by atoms with Crippen molar-refractivity contribution in [2.24, 2.45) is 0 Å². The van der Waals surface area contributed by atoms with Crippen molar-refractivity contribution in [3.05, 3.63) is 60.3 Å². The Hall–Kier alpha value is -3.09. The summed E-state index contributed by atoms with van der Waals surface area (Å²) in [6.45, 7) is 0. The Bertz CT molecular complexity index is 877. The van der Waals surface area contributed by atoms with E-state index in [1.807, 2.05) is 18.2 Å². The average Bonchev–Trinajstić information content (AvgIpc) is 3.43. The fourth-order valence-electron chi connectivity index (χ4n) is 2.38. The van der Waals surface area contributed by atoms with Crippen LogP contribution in [0.2, 0.25) is 0 Å². The molecule has 0 aliphatic heterocycles. The average molecular weight is 339 g/mol. The molecule has 0 amide bonds. The minimum atomic E-state index is -0.685. The molecule has 3 aromatic rings. The van der Waals surface area contributed by atoms with Crippen LogP contribution >= 0.6 is 0 Å². The lowest BCUT2D eigenvalue weighted by Gasteiger charge is -2.12. The SMILES string of the molecule is Fc1cccc(F)c1Nc1cc(-c2ccccn2)nc(NC2CC2)n1. The molecule has 0 atom stereocenters. The zero-order valence-electron chi connectivity index (χ0n) is 13.2. The van der Waals surface area contributed by atoms with Crippen molar-refractivity contribution in [2.45, 2.75) is 18.9 Å². The number of nitrogens with one attached hydrogen (secondary N) is 2. The Balaban J connectivity index is 1.73. The second-order valence-electron chi connectivity index (χ2n) is 5.82. The summed E-state index contributed by atoms with van der Waals surface area (Å²) in [6, 6.07) is 11.1. The van der Waals surface area contributed by atoms with Crippen molar-refractivity contribution in [2.75, 3.05) is 10.6 Å². The van der Waals surface area contributed by atoms with Gasteiger partial charge in [0.1, 0.15) is 23.1 Å². The van der Waals surface area contributed by atoms with Crippen molar-refractivity contribution in [3.63, 3.8) is 0 Å². The van der Waals surface area contributed by atoms with E-state index in [1.165, 1.54) is 18.2 Å². The first-order valence-electron chi connectivity index (χ1n) is 7.97. The first kappa shape index (κ1) is 15.4. The van der Waals surface area contributed by atoms with Gasteiger partial charge in [-0.25, -0.2) is 13.8 Å². The van der Waals surface area contributed by atoms with E-state index in [1.54, 1.807) is 12.3 Å². The number of nitrogens with zero attached hydrogens (tertiary/aromatic N) is 3. The van der Waals surface area contributed by atoms with Gasteiger partial charge in [-0.2, -0.15) is 4.98 Å². The van der Waals surface area contributed by atoms with Crippen molar-refractivity contribution < 1.29 is 8.78 Å². The maximum Gasteiger partial charge on any atom is 0.225 e. The zero-order valence-corrected chi connectivity index (χ0v) is 13.2. The maximum absolute atomic E-state index is 13.9. The highest BCUT2D eigenvalue weighted by Gasteiger charge is 2.22. The Labute approximate surface area is 143 Å². The highest BCUT2D eigenvalue weighted by molar-refractivity contribution is 5.65. The molecule has 1 aliphatic carbocycles. The molecule has 0 spiro atoms. The van der Waals surface area contributed by atoms with E-state index in [-0.39, 0.29) is 5.69 Å². The monoisotopic (exact) mass is 339 g/mol. The molecule has 1 saturated carbocycles. The van der Waals surface area contributed by atoms with Crippen molar-refractivity contribution >= 4 is 17.5 Å². The van der Waals surface area contributed by atoms with Crippen LogP contribution in [0, 0.1) is 11.6 Å². The molecule has 25 heavy (non-hydrogen) atoms. The quantitative estimate of drug-likeness (QED) is 0.732. The highest BCUT2D eigenvalue weighted by Crippen LogP contribution is 2.28. The molecule has 1 fully saturated rings. The predicted molar refractivity (Wildman–Crippen MR) is 91.5 cm³/mol. The minimum Gasteiger partial charge on any atom is -0.351 e. The van der Waals surface area contributed by atoms with Crippen LogP contribution in [0.4, 0.5) is 26.2 Å². The van der Waals surface area contributed by atoms with Crippen LogP contribution in [0.5, 0.6) is 0 Å². The lowest BCUT2D eigenvalue weighted by molar-refractivity contribution is 0.590. The number of aromatic nitrogens is 3. The molecule has 0 saturated heterocycles. The second-order valence-corrected chi connectivity index (χ2v) is 5.82. The summed E-state index contributed by atoms with van der Waals surface area (Å²) in [5.41, 5.74) is 0.976. The molecule has 0 radical (unpaired) electrons. The van der Waals surface area contributed by atoms with Gasteiger partial charge in [0.2, 0.25) is 5.95 Å². The Morgan fingerprint density at radius 2 is 1.72 bits per heavy atom. The first-order chi connectivity index (χ1) is 12.2. The topological polar surface area (TPSA) is 62.7 Å². The number of anilines is 3. The normalized spacial score (nSPS) is 13.5. The van der Waals surface area contributed by atoms with E-state index < -0.39 is 11.6 Å². The van der Waals surface area contributed by atoms with Crippen LogP contribution in [-0.4, -0.2) is 21.0 Å². The van der Waals surface area contributed by atoms with E-state index in [9.17, 15) is 8.78 Å². The fourth-order valence-corrected chi connectivity index (χ4v) is 2.38. The number of benzene rings is 1. The second kappa shape index (κ2) is 6.43. The van der Waals surface area contributed by atoms with E-state index in [0.717, 1.165) is 12.8 Å². The molecule has 2 aromatic heterocycles. The van der Waals surface area contributed by atoms with Crippen LogP contribution in [-0.2, 0) is 0 Å². The van der Waals surface area contributed by atoms with Crippen molar-refractivity contribution in [1.29, 1.82) is 0 Å². The lowest BCUT2D eigenvalue weighted by atomic mass is 10.2. The van der Waals surface area contributed by atoms with Gasteiger partial charge in [-0.15, -0.1) is 0 Å². The van der Waals surface area contributed by atoms with Crippen LogP contribution in [0.3, 0.4) is 0 Å². The summed E-state index contributed by atoms with van der Waals surface area (Å²) in [7, 11) is 0. The van der Waals surface area contributed by atoms with Gasteiger partial charge in [0, 0.05) is 18.3 Å². The smallest absolute Gasteiger partial charge is 0.225 e. The van der Waals surface area contributed by atoms with Crippen LogP contribution in [0.1, 0.15) is 12.8 Å². The number of hydrogen-bond acceptors (Lipinski definition) is 5. The van der Waals surface area contributed by atoms with Crippen molar-refractivity contribution in [3.8, 4) is 11.4 Å². The van der Waals surface area contributed by atoms with Gasteiger partial charge >= 0.3 is 0 Å². The standard InChI is InChI=1S/C18H15F2N5/c19-12-4-3-5-13(20)17(12)24-16-10-15(14-6-1-2-9-21-14)23-18(25-16)22-11-7-8-11/h1-6,9-11H,7-8H2,(H2,22,23,24,25). The van der Waals surface area contributed by atoms with Gasteiger partial charge < -0.3 is 10.6 Å². The van der Waals surface area contributed by atoms with Crippen molar-refractivity contribution in [1.82, 2.24) is 15.0 Å². The Morgan fingerprint density at radius 3 is 2.40 bits per heavy atom. The molecule has 0 unspecified atom stereocenters. The number of rotatable bonds is 5. The largest absolute Gasteiger partial charge is 0.351 e. The van der Waals surface area contributed by atoms with E-state index in [4.69, 9.17) is 0 Å².